The lowest BCUT2D eigenvalue weighted by Crippen LogP contribution is -2.64. The highest BCUT2D eigenvalue weighted by Crippen LogP contribution is 2.29. The molecule has 12 heteroatoms. The number of thioether (sulfide) groups is 1. The Hall–Kier alpha value is -0.0900. The van der Waals surface area contributed by atoms with Crippen molar-refractivity contribution in [3.05, 3.63) is 0 Å². The zero-order valence-corrected chi connectivity index (χ0v) is 19.1. The third-order valence-corrected chi connectivity index (χ3v) is 6.72. The molecule has 0 amide bonds. The van der Waals surface area contributed by atoms with Gasteiger partial charge in [0.2, 0.25) is 0 Å². The van der Waals surface area contributed by atoms with E-state index in [1.807, 2.05) is 11.8 Å². The van der Waals surface area contributed by atoms with E-state index >= 15 is 0 Å². The van der Waals surface area contributed by atoms with Crippen molar-refractivity contribution in [1.29, 1.82) is 0 Å². The van der Waals surface area contributed by atoms with E-state index in [0.29, 0.717) is 6.61 Å². The van der Waals surface area contributed by atoms with E-state index in [4.69, 9.17) is 18.9 Å². The Balaban J connectivity index is 1.86. The highest BCUT2D eigenvalue weighted by molar-refractivity contribution is 7.99. The van der Waals surface area contributed by atoms with Crippen LogP contribution in [0, 0.1) is 0 Å². The Morgan fingerprint density at radius 3 is 2.00 bits per heavy atom. The number of unbranched alkanes of at least 4 members (excludes halogenated alkanes) is 2. The molecule has 0 spiro atoms. The molecule has 0 aromatic carbocycles. The highest BCUT2D eigenvalue weighted by atomic mass is 32.2. The lowest BCUT2D eigenvalue weighted by molar-refractivity contribution is -0.359. The number of hydrogen-bond donors (Lipinski definition) is 7. The van der Waals surface area contributed by atoms with Gasteiger partial charge in [0.15, 0.2) is 12.6 Å². The van der Waals surface area contributed by atoms with Crippen LogP contribution in [0.4, 0.5) is 0 Å². The maximum atomic E-state index is 10.5. The molecule has 2 saturated heterocycles. The molecule has 2 heterocycles. The summed E-state index contributed by atoms with van der Waals surface area (Å²) >= 11 is 1.88. The van der Waals surface area contributed by atoms with E-state index in [1.165, 1.54) is 12.8 Å². The largest absolute Gasteiger partial charge is 0.394 e. The lowest BCUT2D eigenvalue weighted by atomic mass is 9.97. The summed E-state index contributed by atoms with van der Waals surface area (Å²) in [6.45, 7) is 1.23. The van der Waals surface area contributed by atoms with Crippen LogP contribution in [0.3, 0.4) is 0 Å². The smallest absolute Gasteiger partial charge is 0.187 e. The van der Waals surface area contributed by atoms with E-state index in [-0.39, 0.29) is 0 Å². The monoisotopic (exact) mass is 486 g/mol. The van der Waals surface area contributed by atoms with Crippen molar-refractivity contribution in [1.82, 2.24) is 0 Å². The molecule has 0 bridgehead atoms. The molecule has 10 atom stereocenters. The fourth-order valence-electron chi connectivity index (χ4n) is 3.55. The summed E-state index contributed by atoms with van der Waals surface area (Å²) < 4.78 is 21.9. The van der Waals surface area contributed by atoms with Crippen LogP contribution >= 0.6 is 11.8 Å². The van der Waals surface area contributed by atoms with Crippen LogP contribution in [0.25, 0.3) is 0 Å². The number of aliphatic hydroxyl groups is 7. The SMILES string of the molecule is CCCCSCCCCO[C@@H]1OC(CO)[C@@H](O[C@@H]2OC(CO)[C@H](O)[C@H](O)C2O)[C@H](O)C1O. The topological polar surface area (TPSA) is 179 Å². The Bertz CT molecular complexity index is 512. The first-order valence-corrected chi connectivity index (χ1v) is 12.3. The highest BCUT2D eigenvalue weighted by Gasteiger charge is 2.50. The first-order valence-electron chi connectivity index (χ1n) is 11.1. The Morgan fingerprint density at radius 2 is 1.34 bits per heavy atom. The molecule has 2 aliphatic rings. The molecule has 2 rings (SSSR count). The van der Waals surface area contributed by atoms with Crippen molar-refractivity contribution < 1.29 is 54.7 Å². The van der Waals surface area contributed by atoms with Gasteiger partial charge in [-0.05, 0) is 30.8 Å². The van der Waals surface area contributed by atoms with Crippen LogP contribution in [0.2, 0.25) is 0 Å². The average Bonchev–Trinajstić information content (AvgIpc) is 2.79. The van der Waals surface area contributed by atoms with Crippen LogP contribution in [-0.2, 0) is 18.9 Å². The summed E-state index contributed by atoms with van der Waals surface area (Å²) in [7, 11) is 0. The van der Waals surface area contributed by atoms with Crippen molar-refractivity contribution in [2.24, 2.45) is 0 Å². The van der Waals surface area contributed by atoms with Gasteiger partial charge >= 0.3 is 0 Å². The van der Waals surface area contributed by atoms with Crippen molar-refractivity contribution in [2.45, 2.75) is 94.0 Å². The molecule has 32 heavy (non-hydrogen) atoms. The fourth-order valence-corrected chi connectivity index (χ4v) is 4.65. The number of hydrogen-bond acceptors (Lipinski definition) is 12. The molecule has 190 valence electrons. The molecule has 0 saturated carbocycles. The van der Waals surface area contributed by atoms with Gasteiger partial charge < -0.3 is 54.7 Å². The van der Waals surface area contributed by atoms with Gasteiger partial charge in [-0.2, -0.15) is 11.8 Å². The second-order valence-electron chi connectivity index (χ2n) is 8.05. The van der Waals surface area contributed by atoms with Crippen molar-refractivity contribution in [3.8, 4) is 0 Å². The minimum Gasteiger partial charge on any atom is -0.394 e. The fraction of sp³-hybridized carbons (Fsp3) is 1.00. The second kappa shape index (κ2) is 14.3. The van der Waals surface area contributed by atoms with Crippen LogP contribution in [-0.4, -0.2) is 128 Å². The van der Waals surface area contributed by atoms with E-state index in [1.54, 1.807) is 0 Å². The summed E-state index contributed by atoms with van der Waals surface area (Å²) in [6, 6.07) is 0. The molecule has 2 fully saturated rings. The van der Waals surface area contributed by atoms with Crippen LogP contribution in [0.15, 0.2) is 0 Å². The zero-order chi connectivity index (χ0) is 23.7. The van der Waals surface area contributed by atoms with Gasteiger partial charge in [0.05, 0.1) is 13.2 Å². The molecular formula is C20H38O11S. The molecule has 0 aliphatic carbocycles. The number of rotatable bonds is 13. The lowest BCUT2D eigenvalue weighted by Gasteiger charge is -2.45. The summed E-state index contributed by atoms with van der Waals surface area (Å²) in [5, 5.41) is 69.8. The van der Waals surface area contributed by atoms with Gasteiger partial charge in [-0.3, -0.25) is 0 Å². The van der Waals surface area contributed by atoms with E-state index in [9.17, 15) is 35.7 Å². The van der Waals surface area contributed by atoms with Crippen molar-refractivity contribution in [3.63, 3.8) is 0 Å². The summed E-state index contributed by atoms with van der Waals surface area (Å²) in [6.07, 6.45) is -10.3. The standard InChI is InChI=1S/C20H38O11S/c1-2-3-7-32-8-5-4-6-28-19-17(27)15(25)18(12(10-22)30-19)31-20-16(26)14(24)13(23)11(9-21)29-20/h11-27H,2-10H2,1H3/t11?,12?,13-,14-,15+,16?,17?,18+,19+,20-/m0/s1. The first-order chi connectivity index (χ1) is 15.3. The maximum Gasteiger partial charge on any atom is 0.187 e. The molecule has 2 aliphatic heterocycles. The van der Waals surface area contributed by atoms with E-state index < -0.39 is 74.6 Å². The van der Waals surface area contributed by atoms with Crippen LogP contribution in [0.1, 0.15) is 32.6 Å². The average molecular weight is 487 g/mol. The Labute approximate surface area is 192 Å². The molecule has 0 aromatic rings. The van der Waals surface area contributed by atoms with Gasteiger partial charge in [-0.15, -0.1) is 0 Å². The van der Waals surface area contributed by atoms with Gasteiger partial charge in [0, 0.05) is 6.61 Å². The van der Waals surface area contributed by atoms with Gasteiger partial charge in [0.1, 0.15) is 48.8 Å². The van der Waals surface area contributed by atoms with Gasteiger partial charge in [-0.1, -0.05) is 13.3 Å². The molecule has 11 nitrogen and oxygen atoms in total. The van der Waals surface area contributed by atoms with E-state index in [2.05, 4.69) is 6.92 Å². The third-order valence-electron chi connectivity index (χ3n) is 5.57. The third kappa shape index (κ3) is 7.45. The normalized spacial score (nSPS) is 40.5. The van der Waals surface area contributed by atoms with E-state index in [0.717, 1.165) is 24.3 Å². The predicted molar refractivity (Wildman–Crippen MR) is 114 cm³/mol. The first kappa shape index (κ1) is 28.1. The Kier molecular flexibility index (Phi) is 12.6. The summed E-state index contributed by atoms with van der Waals surface area (Å²) in [5.41, 5.74) is 0. The molecule has 7 N–H and O–H groups in total. The summed E-state index contributed by atoms with van der Waals surface area (Å²) in [4.78, 5) is 0. The number of ether oxygens (including phenoxy) is 4. The minimum atomic E-state index is -1.69. The summed E-state index contributed by atoms with van der Waals surface area (Å²) in [5.74, 6) is 2.14. The van der Waals surface area contributed by atoms with Crippen molar-refractivity contribution in [2.75, 3.05) is 31.3 Å². The molecular weight excluding hydrogens is 448 g/mol. The van der Waals surface area contributed by atoms with Gasteiger partial charge in [0.25, 0.3) is 0 Å². The Morgan fingerprint density at radius 1 is 0.719 bits per heavy atom. The maximum absolute atomic E-state index is 10.5. The number of aliphatic hydroxyl groups excluding tert-OH is 7. The van der Waals surface area contributed by atoms with Gasteiger partial charge in [-0.25, -0.2) is 0 Å². The quantitative estimate of drug-likeness (QED) is 0.142. The van der Waals surface area contributed by atoms with Crippen LogP contribution < -0.4 is 0 Å². The van der Waals surface area contributed by atoms with Crippen molar-refractivity contribution >= 4 is 11.8 Å². The van der Waals surface area contributed by atoms with Crippen LogP contribution in [0.5, 0.6) is 0 Å². The second-order valence-corrected chi connectivity index (χ2v) is 9.27. The predicted octanol–water partition coefficient (Wildman–Crippen LogP) is -2.06. The minimum absolute atomic E-state index is 0.305. The molecule has 4 unspecified atom stereocenters. The molecule has 0 aromatic heterocycles. The molecule has 0 radical (unpaired) electrons. The zero-order valence-electron chi connectivity index (χ0n) is 18.3.